The second kappa shape index (κ2) is 15.5. The van der Waals surface area contributed by atoms with Gasteiger partial charge in [0.1, 0.15) is 17.7 Å². The van der Waals surface area contributed by atoms with Crippen LogP contribution in [0.25, 0.3) is 0 Å². The van der Waals surface area contributed by atoms with Crippen LogP contribution >= 0.6 is 0 Å². The molecule has 2 aromatic carbocycles. The number of hydrogen-bond donors (Lipinski definition) is 4. The highest BCUT2D eigenvalue weighted by Crippen LogP contribution is 2.10. The molecule has 0 bridgehead atoms. The molecule has 0 saturated heterocycles. The number of Topliss-reactive ketones (excluding diaryl/α,β-unsaturated/α-hetero) is 1. The first kappa shape index (κ1) is 33.0. The molecule has 10 heteroatoms. The molecule has 10 nitrogen and oxygen atoms in total. The summed E-state index contributed by atoms with van der Waals surface area (Å²) in [4.78, 5) is 62.6. The Balaban J connectivity index is 1.99. The van der Waals surface area contributed by atoms with Crippen molar-refractivity contribution in [3.8, 4) is 0 Å². The van der Waals surface area contributed by atoms with Crippen molar-refractivity contribution in [2.75, 3.05) is 13.1 Å². The van der Waals surface area contributed by atoms with Crippen molar-refractivity contribution in [3.63, 3.8) is 0 Å². The third-order valence-electron chi connectivity index (χ3n) is 5.90. The molecular weight excluding hydrogens is 524 g/mol. The van der Waals surface area contributed by atoms with Gasteiger partial charge < -0.3 is 26.0 Å². The Hall–Kier alpha value is -4.21. The van der Waals surface area contributed by atoms with Crippen LogP contribution in [0, 0.1) is 5.92 Å². The number of ether oxygens (including phenoxy) is 1. The van der Waals surface area contributed by atoms with Gasteiger partial charge >= 0.3 is 6.09 Å². The quantitative estimate of drug-likeness (QED) is 0.216. The van der Waals surface area contributed by atoms with Gasteiger partial charge in [-0.05, 0) is 57.7 Å². The minimum absolute atomic E-state index is 0.110. The first-order valence-corrected chi connectivity index (χ1v) is 13.8. The maximum absolute atomic E-state index is 13.1. The summed E-state index contributed by atoms with van der Waals surface area (Å²) < 4.78 is 5.28. The van der Waals surface area contributed by atoms with Gasteiger partial charge in [0.2, 0.25) is 11.8 Å². The summed E-state index contributed by atoms with van der Waals surface area (Å²) in [5.41, 5.74) is 0.968. The molecule has 0 saturated carbocycles. The van der Waals surface area contributed by atoms with E-state index >= 15 is 0 Å². The average Bonchev–Trinajstić information content (AvgIpc) is 2.89. The van der Waals surface area contributed by atoms with Crippen LogP contribution in [0.2, 0.25) is 0 Å². The minimum Gasteiger partial charge on any atom is -0.444 e. The van der Waals surface area contributed by atoms with Gasteiger partial charge in [-0.3, -0.25) is 19.2 Å². The number of amides is 4. The van der Waals surface area contributed by atoms with E-state index in [4.69, 9.17) is 4.74 Å². The van der Waals surface area contributed by atoms with Crippen LogP contribution in [-0.4, -0.2) is 60.4 Å². The van der Waals surface area contributed by atoms with E-state index in [1.807, 2.05) is 44.2 Å². The molecule has 0 heterocycles. The summed E-state index contributed by atoms with van der Waals surface area (Å²) in [6, 6.07) is 13.8. The van der Waals surface area contributed by atoms with E-state index in [1.54, 1.807) is 32.9 Å². The zero-order valence-corrected chi connectivity index (χ0v) is 24.7. The second-order valence-corrected chi connectivity index (χ2v) is 11.3. The maximum Gasteiger partial charge on any atom is 0.408 e. The van der Waals surface area contributed by atoms with E-state index in [-0.39, 0.29) is 37.1 Å². The molecule has 0 aliphatic carbocycles. The summed E-state index contributed by atoms with van der Waals surface area (Å²) >= 11 is 0. The lowest BCUT2D eigenvalue weighted by Crippen LogP contribution is -2.51. The molecule has 41 heavy (non-hydrogen) atoms. The molecule has 0 aliphatic heterocycles. The molecule has 0 fully saturated rings. The van der Waals surface area contributed by atoms with E-state index in [0.717, 1.165) is 5.56 Å². The average molecular weight is 567 g/mol. The van der Waals surface area contributed by atoms with Gasteiger partial charge in [-0.1, -0.05) is 56.3 Å². The summed E-state index contributed by atoms with van der Waals surface area (Å²) in [6.07, 6.45) is -0.00944. The van der Waals surface area contributed by atoms with Crippen LogP contribution in [0.1, 0.15) is 74.2 Å². The Labute approximate surface area is 242 Å². The largest absolute Gasteiger partial charge is 0.444 e. The van der Waals surface area contributed by atoms with E-state index in [9.17, 15) is 24.0 Å². The van der Waals surface area contributed by atoms with Crippen LogP contribution in [0.3, 0.4) is 0 Å². The topological polar surface area (TPSA) is 143 Å². The van der Waals surface area contributed by atoms with Crippen LogP contribution < -0.4 is 21.3 Å². The van der Waals surface area contributed by atoms with Crippen molar-refractivity contribution in [2.45, 2.75) is 72.1 Å². The smallest absolute Gasteiger partial charge is 0.408 e. The fourth-order valence-corrected chi connectivity index (χ4v) is 3.93. The van der Waals surface area contributed by atoms with Gasteiger partial charge in [-0.2, -0.15) is 0 Å². The number of hydrogen-bond acceptors (Lipinski definition) is 6. The number of nitrogens with one attached hydrogen (secondary N) is 4. The molecule has 2 aromatic rings. The van der Waals surface area contributed by atoms with Gasteiger partial charge in [0.15, 0.2) is 5.78 Å². The molecule has 0 radical (unpaired) electrons. The number of carbonyl (C=O) groups is 5. The highest BCUT2D eigenvalue weighted by Gasteiger charge is 2.26. The number of rotatable bonds is 13. The maximum atomic E-state index is 13.1. The molecule has 222 valence electrons. The summed E-state index contributed by atoms with van der Waals surface area (Å²) in [6.45, 7) is 10.8. The number of benzene rings is 2. The number of carbonyl (C=O) groups excluding carboxylic acids is 5. The Bertz CT molecular complexity index is 1190. The van der Waals surface area contributed by atoms with E-state index in [1.165, 1.54) is 19.1 Å². The standard InChI is InChI=1S/C31H42N4O6/c1-20(2)18-25(35-30(40)41-31(4,5)6)28(38)32-16-17-33-29(39)26(19-22-10-8-7-9-11-22)34-27(37)24-14-12-23(13-15-24)21(3)36/h7-15,20,25-26H,16-19H2,1-6H3,(H,32,38)(H,33,39)(H,34,37)(H,35,40)/t25-,26-/m0/s1. The predicted octanol–water partition coefficient (Wildman–Crippen LogP) is 3.40. The van der Waals surface area contributed by atoms with Crippen molar-refractivity contribution in [2.24, 2.45) is 5.92 Å². The van der Waals surface area contributed by atoms with Crippen LogP contribution in [0.15, 0.2) is 54.6 Å². The number of alkyl carbamates (subject to hydrolysis) is 1. The first-order valence-electron chi connectivity index (χ1n) is 13.8. The lowest BCUT2D eigenvalue weighted by molar-refractivity contribution is -0.125. The SMILES string of the molecule is CC(=O)c1ccc(C(=O)N[C@@H](Cc2ccccc2)C(=O)NCCNC(=O)[C@H](CC(C)C)NC(=O)OC(C)(C)C)cc1. The lowest BCUT2D eigenvalue weighted by Gasteiger charge is -2.24. The Morgan fingerprint density at radius 3 is 1.80 bits per heavy atom. The molecule has 0 unspecified atom stereocenters. The molecule has 4 amide bonds. The highest BCUT2D eigenvalue weighted by molar-refractivity contribution is 5.99. The lowest BCUT2D eigenvalue weighted by atomic mass is 10.0. The van der Waals surface area contributed by atoms with Gasteiger partial charge in [0.05, 0.1) is 0 Å². The molecular formula is C31H42N4O6. The van der Waals surface area contributed by atoms with E-state index < -0.39 is 35.6 Å². The molecule has 0 aliphatic rings. The van der Waals surface area contributed by atoms with E-state index in [0.29, 0.717) is 17.5 Å². The molecule has 4 N–H and O–H groups in total. The normalized spacial score (nSPS) is 12.6. The van der Waals surface area contributed by atoms with Crippen LogP contribution in [-0.2, 0) is 20.7 Å². The van der Waals surface area contributed by atoms with Gasteiger partial charge in [0, 0.05) is 30.6 Å². The minimum atomic E-state index is -0.879. The van der Waals surface area contributed by atoms with Gasteiger partial charge in [-0.25, -0.2) is 4.79 Å². The fourth-order valence-electron chi connectivity index (χ4n) is 3.93. The summed E-state index contributed by atoms with van der Waals surface area (Å²) in [7, 11) is 0. The molecule has 0 aromatic heterocycles. The van der Waals surface area contributed by atoms with Crippen molar-refractivity contribution < 1.29 is 28.7 Å². The first-order chi connectivity index (χ1) is 19.2. The second-order valence-electron chi connectivity index (χ2n) is 11.3. The Morgan fingerprint density at radius 2 is 1.29 bits per heavy atom. The van der Waals surface area contributed by atoms with E-state index in [2.05, 4.69) is 21.3 Å². The monoisotopic (exact) mass is 566 g/mol. The molecule has 0 spiro atoms. The van der Waals surface area contributed by atoms with Crippen molar-refractivity contribution in [1.29, 1.82) is 0 Å². The molecule has 2 atom stereocenters. The zero-order chi connectivity index (χ0) is 30.6. The summed E-state index contributed by atoms with van der Waals surface area (Å²) in [5, 5.41) is 10.9. The van der Waals surface area contributed by atoms with Crippen LogP contribution in [0.4, 0.5) is 4.79 Å². The Morgan fingerprint density at radius 1 is 0.756 bits per heavy atom. The third-order valence-corrected chi connectivity index (χ3v) is 5.90. The summed E-state index contributed by atoms with van der Waals surface area (Å²) in [5.74, 6) is -1.22. The van der Waals surface area contributed by atoms with Crippen LogP contribution in [0.5, 0.6) is 0 Å². The Kier molecular flexibility index (Phi) is 12.5. The predicted molar refractivity (Wildman–Crippen MR) is 156 cm³/mol. The van der Waals surface area contributed by atoms with Crippen molar-refractivity contribution in [1.82, 2.24) is 21.3 Å². The van der Waals surface area contributed by atoms with Crippen molar-refractivity contribution in [3.05, 3.63) is 71.3 Å². The van der Waals surface area contributed by atoms with Crippen molar-refractivity contribution >= 4 is 29.6 Å². The highest BCUT2D eigenvalue weighted by atomic mass is 16.6. The van der Waals surface area contributed by atoms with Gasteiger partial charge in [0.25, 0.3) is 5.91 Å². The number of ketones is 1. The third kappa shape index (κ3) is 12.2. The molecule has 2 rings (SSSR count). The zero-order valence-electron chi connectivity index (χ0n) is 24.7. The fraction of sp³-hybridized carbons (Fsp3) is 0.452. The van der Waals surface area contributed by atoms with Gasteiger partial charge in [-0.15, -0.1) is 0 Å².